The maximum absolute atomic E-state index is 11.1. The highest BCUT2D eigenvalue weighted by Gasteiger charge is 2.12. The highest BCUT2D eigenvalue weighted by molar-refractivity contribution is 7.99. The number of aromatic carboxylic acids is 1. The monoisotopic (exact) mass is 341 g/mol. The van der Waals surface area contributed by atoms with Crippen molar-refractivity contribution in [1.29, 1.82) is 0 Å². The molecule has 0 aliphatic heterocycles. The molecule has 24 heavy (non-hydrogen) atoms. The Bertz CT molecular complexity index is 1070. The summed E-state index contributed by atoms with van der Waals surface area (Å²) < 4.78 is 3.30. The number of imidazole rings is 1. The number of anilines is 1. The van der Waals surface area contributed by atoms with Gasteiger partial charge in [0.1, 0.15) is 10.8 Å². The van der Waals surface area contributed by atoms with Crippen molar-refractivity contribution in [3.63, 3.8) is 0 Å². The van der Waals surface area contributed by atoms with Gasteiger partial charge in [0.05, 0.1) is 11.8 Å². The van der Waals surface area contributed by atoms with Crippen LogP contribution in [0.25, 0.3) is 11.3 Å². The van der Waals surface area contributed by atoms with E-state index >= 15 is 0 Å². The lowest BCUT2D eigenvalue weighted by Crippen LogP contribution is -1.99. The summed E-state index contributed by atoms with van der Waals surface area (Å²) >= 11 is 1.29. The van der Waals surface area contributed by atoms with Crippen LogP contribution in [0.1, 0.15) is 10.4 Å². The molecule has 0 saturated carbocycles. The molecule has 0 aliphatic rings. The van der Waals surface area contributed by atoms with Crippen LogP contribution in [0.4, 0.5) is 5.82 Å². The van der Waals surface area contributed by atoms with Gasteiger partial charge >= 0.3 is 5.97 Å². The maximum atomic E-state index is 11.1. The minimum Gasteiger partial charge on any atom is -0.478 e. The number of pyridine rings is 1. The number of nitrogens with zero attached hydrogens (tertiary/aromatic N) is 6. The van der Waals surface area contributed by atoms with Gasteiger partial charge in [-0.2, -0.15) is 5.10 Å². The molecule has 0 fully saturated rings. The van der Waals surface area contributed by atoms with E-state index in [0.717, 1.165) is 11.5 Å². The van der Waals surface area contributed by atoms with E-state index < -0.39 is 5.97 Å². The molecule has 0 unspecified atom stereocenters. The van der Waals surface area contributed by atoms with Gasteiger partial charge in [-0.1, -0.05) is 0 Å². The molecule has 4 aromatic heterocycles. The Kier molecular flexibility index (Phi) is 3.31. The lowest BCUT2D eigenvalue weighted by molar-refractivity contribution is 0.0696. The molecule has 0 aromatic carbocycles. The van der Waals surface area contributed by atoms with Crippen LogP contribution < -0.4 is 5.32 Å². The summed E-state index contributed by atoms with van der Waals surface area (Å²) in [6.45, 7) is 0. The summed E-state index contributed by atoms with van der Waals surface area (Å²) in [5, 5.41) is 25.9. The molecule has 4 rings (SSSR count). The Hall–Kier alpha value is -3.14. The highest BCUT2D eigenvalue weighted by atomic mass is 32.2. The van der Waals surface area contributed by atoms with Crippen molar-refractivity contribution < 1.29 is 9.90 Å². The summed E-state index contributed by atoms with van der Waals surface area (Å²) in [5.74, 6) is -0.275. The Balaban J connectivity index is 1.73. The van der Waals surface area contributed by atoms with E-state index in [4.69, 9.17) is 5.11 Å². The molecular formula is C14H11N7O2S. The summed E-state index contributed by atoms with van der Waals surface area (Å²) in [6.07, 6.45) is 3.28. The zero-order chi connectivity index (χ0) is 16.7. The minimum atomic E-state index is -1.00. The maximum Gasteiger partial charge on any atom is 0.337 e. The number of carboxylic acid groups (broad SMARTS) is 1. The molecule has 0 radical (unpaired) electrons. The first-order chi connectivity index (χ1) is 11.6. The predicted molar refractivity (Wildman–Crippen MR) is 86.6 cm³/mol. The van der Waals surface area contributed by atoms with Crippen LogP contribution in [0, 0.1) is 0 Å². The van der Waals surface area contributed by atoms with Crippen LogP contribution in [0.2, 0.25) is 0 Å². The Morgan fingerprint density at radius 2 is 2.00 bits per heavy atom. The molecule has 0 spiro atoms. The Morgan fingerprint density at radius 1 is 1.17 bits per heavy atom. The first kappa shape index (κ1) is 14.5. The largest absolute Gasteiger partial charge is 0.478 e. The molecule has 4 heterocycles. The molecule has 0 atom stereocenters. The topological polar surface area (TPSA) is 110 Å². The second kappa shape index (κ2) is 5.49. The zero-order valence-corrected chi connectivity index (χ0v) is 13.2. The number of fused-ring (bicyclic) bond motifs is 2. The van der Waals surface area contributed by atoms with Gasteiger partial charge in [0.25, 0.3) is 0 Å². The second-order valence-corrected chi connectivity index (χ2v) is 5.87. The van der Waals surface area contributed by atoms with Gasteiger partial charge in [0, 0.05) is 13.2 Å². The normalized spacial score (nSPS) is 11.2. The number of nitrogens with one attached hydrogen (secondary N) is 1. The average molecular weight is 341 g/mol. The van der Waals surface area contributed by atoms with Crippen molar-refractivity contribution >= 4 is 34.8 Å². The zero-order valence-electron chi connectivity index (χ0n) is 12.4. The van der Waals surface area contributed by atoms with Gasteiger partial charge < -0.3 is 10.4 Å². The molecule has 0 saturated heterocycles. The van der Waals surface area contributed by atoms with Gasteiger partial charge in [0.2, 0.25) is 5.16 Å². The van der Waals surface area contributed by atoms with Crippen molar-refractivity contribution in [1.82, 2.24) is 29.2 Å². The van der Waals surface area contributed by atoms with E-state index in [-0.39, 0.29) is 5.56 Å². The van der Waals surface area contributed by atoms with Gasteiger partial charge in [-0.05, 0) is 36.0 Å². The third-order valence-corrected chi connectivity index (χ3v) is 4.25. The molecule has 0 aliphatic carbocycles. The number of carbonyl (C=O) groups is 1. The number of hydrogen-bond donors (Lipinski definition) is 2. The van der Waals surface area contributed by atoms with E-state index in [2.05, 4.69) is 25.6 Å². The molecular weight excluding hydrogens is 330 g/mol. The van der Waals surface area contributed by atoms with E-state index in [0.29, 0.717) is 15.8 Å². The first-order valence-electron chi connectivity index (χ1n) is 6.94. The number of carboxylic acids is 1. The van der Waals surface area contributed by atoms with Crippen molar-refractivity contribution in [2.45, 2.75) is 10.2 Å². The molecule has 120 valence electrons. The number of rotatable bonds is 4. The average Bonchev–Trinajstić information content (AvgIpc) is 3.18. The van der Waals surface area contributed by atoms with Crippen molar-refractivity contribution in [3.8, 4) is 0 Å². The van der Waals surface area contributed by atoms with Gasteiger partial charge in [-0.25, -0.2) is 14.3 Å². The molecule has 9 nitrogen and oxygen atoms in total. The van der Waals surface area contributed by atoms with Crippen LogP contribution in [-0.2, 0) is 0 Å². The third kappa shape index (κ3) is 2.42. The Labute approximate surface area is 139 Å². The van der Waals surface area contributed by atoms with E-state index in [1.807, 2.05) is 12.1 Å². The van der Waals surface area contributed by atoms with Gasteiger partial charge in [0.15, 0.2) is 11.3 Å². The first-order valence-corrected chi connectivity index (χ1v) is 7.76. The quantitative estimate of drug-likeness (QED) is 0.577. The lowest BCUT2D eigenvalue weighted by atomic mass is 10.3. The standard InChI is InChI=1S/C14H11N7O2S/c1-15-9-7-21-10(16-9)4-5-12(19-21)24-14-18-17-11-3-2-8(13(22)23)6-20(11)14/h2-7,15H,1H3,(H,22,23). The van der Waals surface area contributed by atoms with Crippen molar-refractivity contribution in [2.24, 2.45) is 0 Å². The summed E-state index contributed by atoms with van der Waals surface area (Å²) in [5.41, 5.74) is 1.47. The highest BCUT2D eigenvalue weighted by Crippen LogP contribution is 2.25. The van der Waals surface area contributed by atoms with Crippen LogP contribution in [0.5, 0.6) is 0 Å². The summed E-state index contributed by atoms with van der Waals surface area (Å²) in [4.78, 5) is 15.5. The summed E-state index contributed by atoms with van der Waals surface area (Å²) in [6, 6.07) is 6.79. The van der Waals surface area contributed by atoms with Crippen LogP contribution in [0.15, 0.2) is 46.8 Å². The fraction of sp³-hybridized carbons (Fsp3) is 0.0714. The van der Waals surface area contributed by atoms with E-state index in [1.54, 1.807) is 28.2 Å². The van der Waals surface area contributed by atoms with Crippen LogP contribution in [0.3, 0.4) is 0 Å². The van der Waals surface area contributed by atoms with Crippen LogP contribution >= 0.6 is 11.8 Å². The van der Waals surface area contributed by atoms with E-state index in [1.165, 1.54) is 24.0 Å². The fourth-order valence-corrected chi connectivity index (χ4v) is 2.98. The van der Waals surface area contributed by atoms with Gasteiger partial charge in [-0.15, -0.1) is 10.2 Å². The predicted octanol–water partition coefficient (Wildman–Crippen LogP) is 1.66. The van der Waals surface area contributed by atoms with Gasteiger partial charge in [-0.3, -0.25) is 4.40 Å². The molecule has 0 amide bonds. The van der Waals surface area contributed by atoms with Crippen molar-refractivity contribution in [3.05, 3.63) is 42.2 Å². The third-order valence-electron chi connectivity index (χ3n) is 3.37. The molecule has 2 N–H and O–H groups in total. The van der Waals surface area contributed by atoms with Crippen LogP contribution in [-0.4, -0.2) is 47.3 Å². The Morgan fingerprint density at radius 3 is 2.79 bits per heavy atom. The minimum absolute atomic E-state index is 0.167. The van der Waals surface area contributed by atoms with E-state index in [9.17, 15) is 4.79 Å². The fourth-order valence-electron chi connectivity index (χ4n) is 2.20. The van der Waals surface area contributed by atoms with Crippen molar-refractivity contribution in [2.75, 3.05) is 12.4 Å². The number of hydrogen-bond acceptors (Lipinski definition) is 7. The smallest absolute Gasteiger partial charge is 0.337 e. The number of aromatic nitrogens is 6. The lowest BCUT2D eigenvalue weighted by Gasteiger charge is -2.01. The molecule has 0 bridgehead atoms. The molecule has 10 heteroatoms. The molecule has 4 aromatic rings. The summed E-state index contributed by atoms with van der Waals surface area (Å²) in [7, 11) is 1.79. The SMILES string of the molecule is CNc1cn2nc(Sc3nnc4ccc(C(=O)O)cn34)ccc2n1. The second-order valence-electron chi connectivity index (χ2n) is 4.89.